The lowest BCUT2D eigenvalue weighted by Gasteiger charge is -2.09. The van der Waals surface area contributed by atoms with Crippen molar-refractivity contribution in [3.05, 3.63) is 36.0 Å². The molecule has 1 aromatic heterocycles. The number of rotatable bonds is 5. The van der Waals surface area contributed by atoms with Crippen LogP contribution in [0.5, 0.6) is 0 Å². The quantitative estimate of drug-likeness (QED) is 0.658. The maximum Gasteiger partial charge on any atom is 0.250 e. The van der Waals surface area contributed by atoms with Crippen LogP contribution in [-0.2, 0) is 6.42 Å². The molecule has 7 nitrogen and oxygen atoms in total. The predicted octanol–water partition coefficient (Wildman–Crippen LogP) is 0.405. The number of hydrogen-bond donors (Lipinski definition) is 3. The minimum absolute atomic E-state index is 0.362. The average molecular weight is 247 g/mol. The maximum atomic E-state index is 11.3. The Labute approximate surface area is 103 Å². The number of nitrogen functional groups attached to an aromatic ring is 1. The van der Waals surface area contributed by atoms with E-state index in [1.165, 1.54) is 12.4 Å². The highest BCUT2D eigenvalue weighted by molar-refractivity contribution is 5.99. The molecular formula is C11H13N5O2. The zero-order valence-electron chi connectivity index (χ0n) is 9.59. The molecule has 1 aromatic carbocycles. The van der Waals surface area contributed by atoms with Gasteiger partial charge in [0.25, 0.3) is 5.91 Å². The van der Waals surface area contributed by atoms with E-state index in [0.717, 1.165) is 0 Å². The van der Waals surface area contributed by atoms with Crippen LogP contribution in [0.1, 0.15) is 16.2 Å². The van der Waals surface area contributed by atoms with Crippen molar-refractivity contribution >= 4 is 17.3 Å². The number of amides is 1. The minimum atomic E-state index is -0.525. The highest BCUT2D eigenvalue weighted by atomic mass is 16.5. The molecule has 0 aliphatic heterocycles. The summed E-state index contributed by atoms with van der Waals surface area (Å²) in [7, 11) is 0. The van der Waals surface area contributed by atoms with Crippen LogP contribution in [0.4, 0.5) is 11.4 Å². The highest BCUT2D eigenvalue weighted by Crippen LogP contribution is 2.18. The number of carbonyl (C=O) groups excluding carboxylic acids is 1. The first-order valence-electron chi connectivity index (χ1n) is 5.35. The van der Waals surface area contributed by atoms with Crippen LogP contribution in [0.2, 0.25) is 0 Å². The van der Waals surface area contributed by atoms with Gasteiger partial charge in [0.1, 0.15) is 0 Å². The number of nitrogens with one attached hydrogen (secondary N) is 1. The van der Waals surface area contributed by atoms with Crippen LogP contribution in [-0.4, -0.2) is 22.6 Å². The van der Waals surface area contributed by atoms with Crippen molar-refractivity contribution in [2.24, 2.45) is 5.73 Å². The van der Waals surface area contributed by atoms with Crippen LogP contribution < -0.4 is 16.8 Å². The second-order valence-corrected chi connectivity index (χ2v) is 3.68. The fraction of sp³-hybridized carbons (Fsp3) is 0.182. The molecule has 2 rings (SSSR count). The fourth-order valence-electron chi connectivity index (χ4n) is 1.53. The number of primary amides is 1. The van der Waals surface area contributed by atoms with E-state index < -0.39 is 5.91 Å². The van der Waals surface area contributed by atoms with E-state index in [0.29, 0.717) is 35.8 Å². The molecule has 0 aliphatic carbocycles. The van der Waals surface area contributed by atoms with Crippen LogP contribution in [0.15, 0.2) is 29.0 Å². The van der Waals surface area contributed by atoms with Gasteiger partial charge in [-0.1, -0.05) is 5.16 Å². The van der Waals surface area contributed by atoms with Crippen molar-refractivity contribution in [2.45, 2.75) is 6.42 Å². The van der Waals surface area contributed by atoms with Gasteiger partial charge in [0.15, 0.2) is 6.33 Å². The summed E-state index contributed by atoms with van der Waals surface area (Å²) in [6, 6.07) is 4.95. The molecule has 7 heteroatoms. The molecule has 0 saturated heterocycles. The third kappa shape index (κ3) is 2.76. The fourth-order valence-corrected chi connectivity index (χ4v) is 1.53. The third-order valence-electron chi connectivity index (χ3n) is 2.37. The Balaban J connectivity index is 2.02. The molecule has 18 heavy (non-hydrogen) atoms. The molecule has 1 heterocycles. The normalized spacial score (nSPS) is 10.2. The summed E-state index contributed by atoms with van der Waals surface area (Å²) < 4.78 is 4.86. The Kier molecular flexibility index (Phi) is 3.42. The second kappa shape index (κ2) is 5.17. The van der Waals surface area contributed by atoms with Gasteiger partial charge < -0.3 is 21.3 Å². The lowest BCUT2D eigenvalue weighted by Crippen LogP contribution is -2.16. The van der Waals surface area contributed by atoms with Gasteiger partial charge in [-0.2, -0.15) is 4.98 Å². The molecule has 0 bridgehead atoms. The zero-order valence-corrected chi connectivity index (χ0v) is 9.59. The lowest BCUT2D eigenvalue weighted by molar-refractivity contribution is 0.100. The summed E-state index contributed by atoms with van der Waals surface area (Å²) in [6.45, 7) is 0.548. The van der Waals surface area contributed by atoms with Crippen molar-refractivity contribution in [1.29, 1.82) is 0 Å². The largest absolute Gasteiger partial charge is 0.399 e. The van der Waals surface area contributed by atoms with Gasteiger partial charge in [-0.25, -0.2) is 0 Å². The van der Waals surface area contributed by atoms with Crippen molar-refractivity contribution in [3.63, 3.8) is 0 Å². The van der Waals surface area contributed by atoms with E-state index in [-0.39, 0.29) is 0 Å². The smallest absolute Gasteiger partial charge is 0.250 e. The Morgan fingerprint density at radius 3 is 2.94 bits per heavy atom. The number of benzene rings is 1. The van der Waals surface area contributed by atoms with Gasteiger partial charge in [-0.05, 0) is 18.2 Å². The SMILES string of the molecule is NC(=O)c1cc(N)ccc1NCCc1ncno1. The molecule has 1 amide bonds. The molecule has 0 radical (unpaired) electrons. The van der Waals surface area contributed by atoms with Crippen LogP contribution in [0.3, 0.4) is 0 Å². The molecule has 94 valence electrons. The predicted molar refractivity (Wildman–Crippen MR) is 65.9 cm³/mol. The molecule has 0 saturated carbocycles. The van der Waals surface area contributed by atoms with Crippen molar-refractivity contribution in [1.82, 2.24) is 10.1 Å². The summed E-state index contributed by atoms with van der Waals surface area (Å²) in [5.41, 5.74) is 12.4. The monoisotopic (exact) mass is 247 g/mol. The number of hydrogen-bond acceptors (Lipinski definition) is 6. The third-order valence-corrected chi connectivity index (χ3v) is 2.37. The van der Waals surface area contributed by atoms with E-state index in [4.69, 9.17) is 16.0 Å². The Bertz CT molecular complexity index is 538. The van der Waals surface area contributed by atoms with Crippen LogP contribution >= 0.6 is 0 Å². The molecular weight excluding hydrogens is 234 g/mol. The first-order valence-corrected chi connectivity index (χ1v) is 5.35. The standard InChI is InChI=1S/C11H13N5O2/c12-7-1-2-9(8(5-7)11(13)17)14-4-3-10-15-6-16-18-10/h1-2,5-6,14H,3-4,12H2,(H2,13,17). The van der Waals surface area contributed by atoms with Crippen molar-refractivity contribution < 1.29 is 9.32 Å². The lowest BCUT2D eigenvalue weighted by atomic mass is 10.1. The summed E-state index contributed by atoms with van der Waals surface area (Å²) in [5.74, 6) is 0.00107. The first-order chi connectivity index (χ1) is 8.66. The number of nitrogens with zero attached hydrogens (tertiary/aromatic N) is 2. The first kappa shape index (κ1) is 11.9. The Hall–Kier alpha value is -2.57. The van der Waals surface area contributed by atoms with Crippen LogP contribution in [0.25, 0.3) is 0 Å². The number of nitrogens with two attached hydrogens (primary N) is 2. The molecule has 0 unspecified atom stereocenters. The van der Waals surface area contributed by atoms with Gasteiger partial charge in [0, 0.05) is 24.3 Å². The van der Waals surface area contributed by atoms with Crippen molar-refractivity contribution in [2.75, 3.05) is 17.6 Å². The number of anilines is 2. The van der Waals surface area contributed by atoms with E-state index >= 15 is 0 Å². The summed E-state index contributed by atoms with van der Waals surface area (Å²) >= 11 is 0. The summed E-state index contributed by atoms with van der Waals surface area (Å²) in [5, 5.41) is 6.58. The van der Waals surface area contributed by atoms with Gasteiger partial charge in [-0.3, -0.25) is 4.79 Å². The number of aromatic nitrogens is 2. The van der Waals surface area contributed by atoms with Crippen LogP contribution in [0, 0.1) is 0 Å². The minimum Gasteiger partial charge on any atom is -0.399 e. The van der Waals surface area contributed by atoms with Gasteiger partial charge in [0.2, 0.25) is 5.89 Å². The van der Waals surface area contributed by atoms with Gasteiger partial charge in [-0.15, -0.1) is 0 Å². The van der Waals surface area contributed by atoms with Gasteiger partial charge in [0.05, 0.1) is 5.56 Å². The summed E-state index contributed by atoms with van der Waals surface area (Å²) in [6.07, 6.45) is 1.90. The maximum absolute atomic E-state index is 11.3. The molecule has 0 fully saturated rings. The Morgan fingerprint density at radius 2 is 2.28 bits per heavy atom. The summed E-state index contributed by atoms with van der Waals surface area (Å²) in [4.78, 5) is 15.1. The second-order valence-electron chi connectivity index (χ2n) is 3.68. The van der Waals surface area contributed by atoms with E-state index in [2.05, 4.69) is 15.5 Å². The van der Waals surface area contributed by atoms with E-state index in [9.17, 15) is 4.79 Å². The highest BCUT2D eigenvalue weighted by Gasteiger charge is 2.08. The van der Waals surface area contributed by atoms with E-state index in [1.54, 1.807) is 12.1 Å². The molecule has 0 spiro atoms. The molecule has 0 aliphatic rings. The van der Waals surface area contributed by atoms with Crippen molar-refractivity contribution in [3.8, 4) is 0 Å². The van der Waals surface area contributed by atoms with E-state index in [1.807, 2.05) is 0 Å². The molecule has 2 aromatic rings. The Morgan fingerprint density at radius 1 is 1.44 bits per heavy atom. The van der Waals surface area contributed by atoms with Gasteiger partial charge >= 0.3 is 0 Å². The average Bonchev–Trinajstić information content (AvgIpc) is 2.84. The topological polar surface area (TPSA) is 120 Å². The molecule has 0 atom stereocenters. The number of carbonyl (C=O) groups is 1. The zero-order chi connectivity index (χ0) is 13.0. The molecule has 5 N–H and O–H groups in total.